The van der Waals surface area contributed by atoms with E-state index >= 15 is 0 Å². The van der Waals surface area contributed by atoms with Crippen LogP contribution in [0.1, 0.15) is 11.5 Å². The lowest BCUT2D eigenvalue weighted by atomic mass is 10.0. The minimum atomic E-state index is -0.952. The molecule has 1 unspecified atom stereocenters. The third-order valence-electron chi connectivity index (χ3n) is 3.05. The van der Waals surface area contributed by atoms with Crippen LogP contribution >= 0.6 is 11.6 Å². The first-order valence-electron chi connectivity index (χ1n) is 6.36. The number of halogens is 1. The third kappa shape index (κ3) is 3.89. The first-order chi connectivity index (χ1) is 10.1. The SMILES string of the molecule is COc1ccccc1OCC(C(=O)O)c1ccc(Cl)cc1. The van der Waals surface area contributed by atoms with Crippen molar-refractivity contribution in [3.8, 4) is 11.5 Å². The molecule has 0 aliphatic heterocycles. The molecule has 2 rings (SSSR count). The molecule has 1 N–H and O–H groups in total. The maximum absolute atomic E-state index is 11.4. The van der Waals surface area contributed by atoms with E-state index < -0.39 is 11.9 Å². The van der Waals surface area contributed by atoms with Crippen LogP contribution in [0.4, 0.5) is 0 Å². The number of carboxylic acid groups (broad SMARTS) is 1. The molecule has 0 heterocycles. The van der Waals surface area contributed by atoms with Gasteiger partial charge in [0, 0.05) is 5.02 Å². The molecule has 0 aliphatic carbocycles. The number of hydrogen-bond donors (Lipinski definition) is 1. The van der Waals surface area contributed by atoms with E-state index in [-0.39, 0.29) is 6.61 Å². The van der Waals surface area contributed by atoms with Gasteiger partial charge in [0.05, 0.1) is 7.11 Å². The van der Waals surface area contributed by atoms with Crippen LogP contribution < -0.4 is 9.47 Å². The van der Waals surface area contributed by atoms with Gasteiger partial charge in [-0.3, -0.25) is 4.79 Å². The standard InChI is InChI=1S/C16H15ClO4/c1-20-14-4-2-3-5-15(14)21-10-13(16(18)19)11-6-8-12(17)9-7-11/h2-9,13H,10H2,1H3,(H,18,19). The molecule has 2 aromatic carbocycles. The van der Waals surface area contributed by atoms with Crippen molar-refractivity contribution >= 4 is 17.6 Å². The Morgan fingerprint density at radius 2 is 1.76 bits per heavy atom. The monoisotopic (exact) mass is 306 g/mol. The molecule has 0 radical (unpaired) electrons. The van der Waals surface area contributed by atoms with Gasteiger partial charge < -0.3 is 14.6 Å². The second-order valence-corrected chi connectivity index (χ2v) is 4.84. The number of ether oxygens (including phenoxy) is 2. The lowest BCUT2D eigenvalue weighted by Gasteiger charge is -2.15. The summed E-state index contributed by atoms with van der Waals surface area (Å²) in [6.45, 7) is 0.0112. The van der Waals surface area contributed by atoms with Crippen molar-refractivity contribution in [1.82, 2.24) is 0 Å². The van der Waals surface area contributed by atoms with Crippen molar-refractivity contribution in [2.75, 3.05) is 13.7 Å². The molecule has 0 aromatic heterocycles. The zero-order valence-electron chi connectivity index (χ0n) is 11.5. The Hall–Kier alpha value is -2.20. The quantitative estimate of drug-likeness (QED) is 0.886. The van der Waals surface area contributed by atoms with Gasteiger partial charge in [-0.25, -0.2) is 0 Å². The first kappa shape index (κ1) is 15.2. The highest BCUT2D eigenvalue weighted by molar-refractivity contribution is 6.30. The van der Waals surface area contributed by atoms with Gasteiger partial charge in [0.1, 0.15) is 12.5 Å². The fourth-order valence-electron chi connectivity index (χ4n) is 1.92. The molecular formula is C16H15ClO4. The zero-order chi connectivity index (χ0) is 15.2. The number of carboxylic acids is 1. The van der Waals surface area contributed by atoms with Gasteiger partial charge in [0.15, 0.2) is 11.5 Å². The molecule has 0 spiro atoms. The molecule has 0 bridgehead atoms. The smallest absolute Gasteiger partial charge is 0.314 e. The van der Waals surface area contributed by atoms with Crippen LogP contribution in [-0.4, -0.2) is 24.8 Å². The number of methoxy groups -OCH3 is 1. The predicted octanol–water partition coefficient (Wildman–Crippen LogP) is 3.60. The van der Waals surface area contributed by atoms with Crippen molar-refractivity contribution in [2.45, 2.75) is 5.92 Å². The van der Waals surface area contributed by atoms with Crippen LogP contribution in [-0.2, 0) is 4.79 Å². The largest absolute Gasteiger partial charge is 0.493 e. The lowest BCUT2D eigenvalue weighted by Crippen LogP contribution is -2.19. The molecule has 0 saturated heterocycles. The summed E-state index contributed by atoms with van der Waals surface area (Å²) in [6.07, 6.45) is 0. The molecule has 21 heavy (non-hydrogen) atoms. The maximum Gasteiger partial charge on any atom is 0.314 e. The average Bonchev–Trinajstić information content (AvgIpc) is 2.49. The summed E-state index contributed by atoms with van der Waals surface area (Å²) < 4.78 is 10.8. The van der Waals surface area contributed by atoms with Crippen molar-refractivity contribution in [3.05, 3.63) is 59.1 Å². The normalized spacial score (nSPS) is 11.7. The fourth-order valence-corrected chi connectivity index (χ4v) is 2.04. The first-order valence-corrected chi connectivity index (χ1v) is 6.73. The van der Waals surface area contributed by atoms with Crippen molar-refractivity contribution in [3.63, 3.8) is 0 Å². The molecule has 4 nitrogen and oxygen atoms in total. The number of aliphatic carboxylic acids is 1. The molecular weight excluding hydrogens is 292 g/mol. The van der Waals surface area contributed by atoms with Gasteiger partial charge in [-0.05, 0) is 29.8 Å². The summed E-state index contributed by atoms with van der Waals surface area (Å²) in [4.78, 5) is 11.4. The van der Waals surface area contributed by atoms with Gasteiger partial charge in [-0.1, -0.05) is 35.9 Å². The van der Waals surface area contributed by atoms with Gasteiger partial charge in [-0.15, -0.1) is 0 Å². The van der Waals surface area contributed by atoms with Gasteiger partial charge in [0.25, 0.3) is 0 Å². The van der Waals surface area contributed by atoms with Crippen LogP contribution in [0.2, 0.25) is 5.02 Å². The van der Waals surface area contributed by atoms with Crippen LogP contribution in [0.3, 0.4) is 0 Å². The molecule has 1 atom stereocenters. The Bertz CT molecular complexity index is 610. The van der Waals surface area contributed by atoms with E-state index in [2.05, 4.69) is 0 Å². The number of para-hydroxylation sites is 2. The lowest BCUT2D eigenvalue weighted by molar-refractivity contribution is -0.139. The van der Waals surface area contributed by atoms with E-state index in [0.29, 0.717) is 22.1 Å². The highest BCUT2D eigenvalue weighted by atomic mass is 35.5. The Kier molecular flexibility index (Phi) is 5.06. The van der Waals surface area contributed by atoms with E-state index in [1.807, 2.05) is 6.07 Å². The zero-order valence-corrected chi connectivity index (χ0v) is 12.2. The summed E-state index contributed by atoms with van der Waals surface area (Å²) in [5.74, 6) is -0.641. The molecule has 5 heteroatoms. The average molecular weight is 307 g/mol. The van der Waals surface area contributed by atoms with Crippen LogP contribution in [0.15, 0.2) is 48.5 Å². The Morgan fingerprint density at radius 3 is 2.33 bits per heavy atom. The summed E-state index contributed by atoms with van der Waals surface area (Å²) in [6, 6.07) is 13.8. The third-order valence-corrected chi connectivity index (χ3v) is 3.30. The van der Waals surface area contributed by atoms with E-state index in [9.17, 15) is 9.90 Å². The van der Waals surface area contributed by atoms with E-state index in [0.717, 1.165) is 0 Å². The van der Waals surface area contributed by atoms with E-state index in [1.54, 1.807) is 42.5 Å². The van der Waals surface area contributed by atoms with Crippen LogP contribution in [0.5, 0.6) is 11.5 Å². The molecule has 0 amide bonds. The van der Waals surface area contributed by atoms with Crippen molar-refractivity contribution in [2.24, 2.45) is 0 Å². The predicted molar refractivity (Wildman–Crippen MR) is 80.3 cm³/mol. The van der Waals surface area contributed by atoms with Gasteiger partial charge in [0.2, 0.25) is 0 Å². The molecule has 0 saturated carbocycles. The highest BCUT2D eigenvalue weighted by Gasteiger charge is 2.21. The summed E-state index contributed by atoms with van der Waals surface area (Å²) in [5.41, 5.74) is 0.641. The Labute approximate surface area is 127 Å². The Morgan fingerprint density at radius 1 is 1.14 bits per heavy atom. The number of benzene rings is 2. The second-order valence-electron chi connectivity index (χ2n) is 4.40. The van der Waals surface area contributed by atoms with Gasteiger partial charge in [-0.2, -0.15) is 0 Å². The molecule has 2 aromatic rings. The van der Waals surface area contributed by atoms with Crippen molar-refractivity contribution < 1.29 is 19.4 Å². The fraction of sp³-hybridized carbons (Fsp3) is 0.188. The second kappa shape index (κ2) is 6.99. The maximum atomic E-state index is 11.4. The summed E-state index contributed by atoms with van der Waals surface area (Å²) in [7, 11) is 1.54. The number of rotatable bonds is 6. The summed E-state index contributed by atoms with van der Waals surface area (Å²) >= 11 is 5.81. The summed E-state index contributed by atoms with van der Waals surface area (Å²) in [5, 5.41) is 9.92. The van der Waals surface area contributed by atoms with Crippen molar-refractivity contribution in [1.29, 1.82) is 0 Å². The number of carbonyl (C=O) groups is 1. The minimum absolute atomic E-state index is 0.0112. The molecule has 0 aliphatic rings. The van der Waals surface area contributed by atoms with Crippen LogP contribution in [0, 0.1) is 0 Å². The molecule has 110 valence electrons. The highest BCUT2D eigenvalue weighted by Crippen LogP contribution is 2.28. The Balaban J connectivity index is 2.14. The minimum Gasteiger partial charge on any atom is -0.493 e. The van der Waals surface area contributed by atoms with E-state index in [4.69, 9.17) is 21.1 Å². The van der Waals surface area contributed by atoms with Crippen LogP contribution in [0.25, 0.3) is 0 Å². The molecule has 0 fully saturated rings. The number of hydrogen-bond acceptors (Lipinski definition) is 3. The topological polar surface area (TPSA) is 55.8 Å². The van der Waals surface area contributed by atoms with Gasteiger partial charge >= 0.3 is 5.97 Å². The van der Waals surface area contributed by atoms with E-state index in [1.165, 1.54) is 7.11 Å².